The maximum absolute atomic E-state index is 12.0. The number of aliphatic hydroxyl groups is 1. The zero-order chi connectivity index (χ0) is 15.1. The molecule has 1 aromatic carbocycles. The summed E-state index contributed by atoms with van der Waals surface area (Å²) < 4.78 is 5.22. The van der Waals surface area contributed by atoms with Crippen molar-refractivity contribution >= 4 is 11.6 Å². The number of aliphatic hydroxyl groups excluding tert-OH is 1. The van der Waals surface area contributed by atoms with Crippen molar-refractivity contribution in [3.8, 4) is 17.6 Å². The van der Waals surface area contributed by atoms with Gasteiger partial charge in [0.15, 0.2) is 0 Å². The Morgan fingerprint density at radius 1 is 1.48 bits per heavy atom. The smallest absolute Gasteiger partial charge is 0.273 e. The van der Waals surface area contributed by atoms with Crippen molar-refractivity contribution < 1.29 is 14.6 Å². The highest BCUT2D eigenvalue weighted by molar-refractivity contribution is 6.03. The van der Waals surface area contributed by atoms with E-state index in [0.717, 1.165) is 5.56 Å². The van der Waals surface area contributed by atoms with E-state index in [2.05, 4.69) is 27.4 Å². The van der Waals surface area contributed by atoms with Crippen LogP contribution in [0.4, 0.5) is 5.69 Å². The fourth-order valence-electron chi connectivity index (χ4n) is 1.68. The third kappa shape index (κ3) is 3.84. The molecule has 0 fully saturated rings. The number of benzene rings is 1. The summed E-state index contributed by atoms with van der Waals surface area (Å²) >= 11 is 0. The van der Waals surface area contributed by atoms with E-state index in [1.165, 1.54) is 13.3 Å². The number of nitrogens with one attached hydrogen (secondary N) is 2. The summed E-state index contributed by atoms with van der Waals surface area (Å²) in [5.74, 6) is 5.96. The topological polar surface area (TPSA) is 87.2 Å². The molecule has 0 radical (unpaired) electrons. The quantitative estimate of drug-likeness (QED) is 0.741. The monoisotopic (exact) mass is 285 g/mol. The number of H-pyrrole nitrogens is 1. The van der Waals surface area contributed by atoms with Crippen molar-refractivity contribution in [3.63, 3.8) is 0 Å². The van der Waals surface area contributed by atoms with Crippen LogP contribution in [0.2, 0.25) is 0 Å². The van der Waals surface area contributed by atoms with E-state index in [9.17, 15) is 4.79 Å². The number of anilines is 1. The van der Waals surface area contributed by atoms with E-state index >= 15 is 0 Å². The highest BCUT2D eigenvalue weighted by atomic mass is 16.5. The second-order valence-electron chi connectivity index (χ2n) is 4.11. The average molecular weight is 285 g/mol. The van der Waals surface area contributed by atoms with Gasteiger partial charge in [-0.2, -0.15) is 5.10 Å². The van der Waals surface area contributed by atoms with Crippen LogP contribution in [0.5, 0.6) is 5.75 Å². The first-order valence-corrected chi connectivity index (χ1v) is 6.33. The van der Waals surface area contributed by atoms with Gasteiger partial charge in [-0.15, -0.1) is 0 Å². The van der Waals surface area contributed by atoms with E-state index in [0.29, 0.717) is 23.6 Å². The maximum Gasteiger partial charge on any atom is 0.273 e. The number of methoxy groups -OCH3 is 1. The van der Waals surface area contributed by atoms with E-state index < -0.39 is 0 Å². The molecule has 0 aliphatic rings. The molecular weight excluding hydrogens is 270 g/mol. The molecule has 1 aromatic heterocycles. The largest absolute Gasteiger partial charge is 0.495 e. The average Bonchev–Trinajstić information content (AvgIpc) is 3.02. The van der Waals surface area contributed by atoms with Crippen molar-refractivity contribution in [1.29, 1.82) is 0 Å². The van der Waals surface area contributed by atoms with Crippen LogP contribution in [-0.4, -0.2) is 34.9 Å². The number of carbonyl (C=O) groups excluding carboxylic acids is 1. The van der Waals surface area contributed by atoms with Crippen LogP contribution in [0.3, 0.4) is 0 Å². The molecule has 108 valence electrons. The molecule has 0 atom stereocenters. The van der Waals surface area contributed by atoms with E-state index in [1.54, 1.807) is 24.3 Å². The van der Waals surface area contributed by atoms with Crippen LogP contribution in [0.1, 0.15) is 22.5 Å². The van der Waals surface area contributed by atoms with E-state index in [4.69, 9.17) is 9.84 Å². The molecule has 3 N–H and O–H groups in total. The third-order valence-corrected chi connectivity index (χ3v) is 2.66. The summed E-state index contributed by atoms with van der Waals surface area (Å²) in [6.07, 6.45) is 1.91. The van der Waals surface area contributed by atoms with E-state index in [-0.39, 0.29) is 12.5 Å². The van der Waals surface area contributed by atoms with Crippen LogP contribution < -0.4 is 10.1 Å². The first-order chi connectivity index (χ1) is 10.2. The molecular formula is C15H15N3O3. The summed E-state index contributed by atoms with van der Waals surface area (Å²) in [7, 11) is 1.53. The lowest BCUT2D eigenvalue weighted by molar-refractivity contribution is 0.102. The van der Waals surface area contributed by atoms with Crippen molar-refractivity contribution in [1.82, 2.24) is 10.2 Å². The van der Waals surface area contributed by atoms with Gasteiger partial charge in [0.05, 0.1) is 19.4 Å². The van der Waals surface area contributed by atoms with Crippen molar-refractivity contribution in [3.05, 3.63) is 41.7 Å². The second kappa shape index (κ2) is 7.12. The molecule has 0 bridgehead atoms. The lowest BCUT2D eigenvalue weighted by atomic mass is 10.1. The third-order valence-electron chi connectivity index (χ3n) is 2.66. The molecule has 0 aliphatic carbocycles. The summed E-state index contributed by atoms with van der Waals surface area (Å²) in [6.45, 7) is 0.0204. The van der Waals surface area contributed by atoms with Crippen LogP contribution in [0.25, 0.3) is 0 Å². The van der Waals surface area contributed by atoms with Crippen LogP contribution in [0, 0.1) is 11.8 Å². The number of hydrogen-bond acceptors (Lipinski definition) is 4. The van der Waals surface area contributed by atoms with Crippen molar-refractivity contribution in [2.45, 2.75) is 6.42 Å². The SMILES string of the molecule is COc1ccc(C#CCCO)cc1NC(=O)c1ccn[nH]1. The Balaban J connectivity index is 2.22. The number of aromatic nitrogens is 2. The Bertz CT molecular complexity index is 669. The van der Waals surface area contributed by atoms with Gasteiger partial charge in [-0.3, -0.25) is 9.89 Å². The Labute approximate surface area is 122 Å². The molecule has 2 aromatic rings. The maximum atomic E-state index is 12.0. The van der Waals surface area contributed by atoms with Crippen LogP contribution >= 0.6 is 0 Å². The standard InChI is InChI=1S/C15H15N3O3/c1-21-14-6-5-11(4-2-3-9-19)10-13(14)17-15(20)12-7-8-16-18-12/h5-8,10,19H,3,9H2,1H3,(H,16,18)(H,17,20). The highest BCUT2D eigenvalue weighted by Gasteiger charge is 2.11. The minimum atomic E-state index is -0.314. The number of ether oxygens (including phenoxy) is 1. The molecule has 0 saturated carbocycles. The number of carbonyl (C=O) groups is 1. The van der Waals surface area contributed by atoms with Gasteiger partial charge < -0.3 is 15.2 Å². The van der Waals surface area contributed by atoms with Gasteiger partial charge in [0, 0.05) is 18.2 Å². The molecule has 21 heavy (non-hydrogen) atoms. The summed E-state index contributed by atoms with van der Waals surface area (Å²) in [5, 5.41) is 17.8. The van der Waals surface area contributed by atoms with Gasteiger partial charge in [-0.1, -0.05) is 11.8 Å². The van der Waals surface area contributed by atoms with Gasteiger partial charge in [0.2, 0.25) is 0 Å². The molecule has 0 spiro atoms. The Morgan fingerprint density at radius 3 is 3.00 bits per heavy atom. The first kappa shape index (κ1) is 14.6. The molecule has 2 rings (SSSR count). The minimum Gasteiger partial charge on any atom is -0.495 e. The molecule has 0 unspecified atom stereocenters. The van der Waals surface area contributed by atoms with Gasteiger partial charge >= 0.3 is 0 Å². The molecule has 0 saturated heterocycles. The number of rotatable bonds is 4. The fraction of sp³-hybridized carbons (Fsp3) is 0.200. The predicted octanol–water partition coefficient (Wildman–Crippen LogP) is 1.40. The molecule has 6 nitrogen and oxygen atoms in total. The van der Waals surface area contributed by atoms with E-state index in [1.807, 2.05) is 0 Å². The van der Waals surface area contributed by atoms with Gasteiger partial charge in [0.1, 0.15) is 11.4 Å². The fourth-order valence-corrected chi connectivity index (χ4v) is 1.68. The van der Waals surface area contributed by atoms with Crippen molar-refractivity contribution in [2.24, 2.45) is 0 Å². The predicted molar refractivity (Wildman–Crippen MR) is 78.1 cm³/mol. The summed E-state index contributed by atoms with van der Waals surface area (Å²) in [4.78, 5) is 12.0. The Hall–Kier alpha value is -2.78. The zero-order valence-corrected chi connectivity index (χ0v) is 11.5. The van der Waals surface area contributed by atoms with Gasteiger partial charge in [-0.05, 0) is 24.3 Å². The normalized spacial score (nSPS) is 9.62. The molecule has 1 amide bonds. The Morgan fingerprint density at radius 2 is 2.33 bits per heavy atom. The highest BCUT2D eigenvalue weighted by Crippen LogP contribution is 2.25. The molecule has 1 heterocycles. The number of amides is 1. The first-order valence-electron chi connectivity index (χ1n) is 6.33. The number of hydrogen-bond donors (Lipinski definition) is 3. The van der Waals surface area contributed by atoms with Crippen LogP contribution in [-0.2, 0) is 0 Å². The molecule has 0 aliphatic heterocycles. The summed E-state index contributed by atoms with van der Waals surface area (Å²) in [5.41, 5.74) is 1.60. The Kier molecular flexibility index (Phi) is 4.96. The van der Waals surface area contributed by atoms with Gasteiger partial charge in [-0.25, -0.2) is 0 Å². The van der Waals surface area contributed by atoms with Gasteiger partial charge in [0.25, 0.3) is 5.91 Å². The lowest BCUT2D eigenvalue weighted by Crippen LogP contribution is -2.13. The minimum absolute atomic E-state index is 0.0204. The number of aromatic amines is 1. The number of nitrogens with zero attached hydrogens (tertiary/aromatic N) is 1. The zero-order valence-electron chi connectivity index (χ0n) is 11.5. The lowest BCUT2D eigenvalue weighted by Gasteiger charge is -2.09. The van der Waals surface area contributed by atoms with Crippen LogP contribution in [0.15, 0.2) is 30.5 Å². The molecule has 6 heteroatoms. The second-order valence-corrected chi connectivity index (χ2v) is 4.11. The summed E-state index contributed by atoms with van der Waals surface area (Å²) in [6, 6.07) is 6.81. The van der Waals surface area contributed by atoms with Crippen molar-refractivity contribution in [2.75, 3.05) is 19.0 Å².